The predicted octanol–water partition coefficient (Wildman–Crippen LogP) is 1.47. The molecule has 1 aliphatic heterocycles. The van der Waals surface area contributed by atoms with Crippen molar-refractivity contribution in [2.45, 2.75) is 4.75 Å². The Kier molecular flexibility index (Phi) is 3.29. The number of carbonyl (C=O) groups excluding carboxylic acids is 1. The molecule has 0 radical (unpaired) electrons. The van der Waals surface area contributed by atoms with Gasteiger partial charge in [-0.3, -0.25) is 4.79 Å². The standard InChI is InChI=1S/C16H15NO3S/c18-15-16(13-7-3-1-4-8-13,14-9-5-2-6-10-14)21(19,20)12-11-17-15/h1-10H,11-12H2,(H,17,18). The molecule has 0 aromatic heterocycles. The fourth-order valence-corrected chi connectivity index (χ4v) is 4.87. The number of sulfone groups is 1. The van der Waals surface area contributed by atoms with Crippen molar-refractivity contribution in [2.75, 3.05) is 12.3 Å². The molecule has 3 rings (SSSR count). The third-order valence-electron chi connectivity index (χ3n) is 3.80. The van der Waals surface area contributed by atoms with Crippen LogP contribution in [0.5, 0.6) is 0 Å². The molecule has 0 bridgehead atoms. The van der Waals surface area contributed by atoms with Gasteiger partial charge in [0.25, 0.3) is 5.91 Å². The van der Waals surface area contributed by atoms with Gasteiger partial charge >= 0.3 is 0 Å². The molecule has 1 fully saturated rings. The first-order valence-electron chi connectivity index (χ1n) is 6.71. The van der Waals surface area contributed by atoms with E-state index in [0.717, 1.165) is 0 Å². The van der Waals surface area contributed by atoms with E-state index in [2.05, 4.69) is 5.32 Å². The van der Waals surface area contributed by atoms with Crippen LogP contribution >= 0.6 is 0 Å². The van der Waals surface area contributed by atoms with Gasteiger partial charge in [0.1, 0.15) is 0 Å². The first-order valence-corrected chi connectivity index (χ1v) is 8.36. The molecular formula is C16H15NO3S. The molecule has 5 heteroatoms. The molecular weight excluding hydrogens is 286 g/mol. The third kappa shape index (κ3) is 1.96. The number of carbonyl (C=O) groups is 1. The minimum Gasteiger partial charge on any atom is -0.353 e. The third-order valence-corrected chi connectivity index (χ3v) is 6.13. The molecule has 1 saturated heterocycles. The minimum absolute atomic E-state index is 0.0669. The summed E-state index contributed by atoms with van der Waals surface area (Å²) >= 11 is 0. The van der Waals surface area contributed by atoms with Crippen LogP contribution in [0, 0.1) is 0 Å². The lowest BCUT2D eigenvalue weighted by molar-refractivity contribution is -0.123. The number of hydrogen-bond donors (Lipinski definition) is 1. The fraction of sp³-hybridized carbons (Fsp3) is 0.188. The summed E-state index contributed by atoms with van der Waals surface area (Å²) in [5.74, 6) is -0.547. The molecule has 108 valence electrons. The monoisotopic (exact) mass is 301 g/mol. The van der Waals surface area contributed by atoms with Crippen molar-refractivity contribution in [1.82, 2.24) is 5.32 Å². The Morgan fingerprint density at radius 2 is 1.33 bits per heavy atom. The van der Waals surface area contributed by atoms with E-state index in [0.29, 0.717) is 11.1 Å². The SMILES string of the molecule is O=C1NCCS(=O)(=O)C1(c1ccccc1)c1ccccc1. The Morgan fingerprint density at radius 1 is 0.857 bits per heavy atom. The number of hydrogen-bond acceptors (Lipinski definition) is 3. The zero-order valence-electron chi connectivity index (χ0n) is 11.3. The highest BCUT2D eigenvalue weighted by Crippen LogP contribution is 2.40. The molecule has 4 nitrogen and oxygen atoms in total. The van der Waals surface area contributed by atoms with Crippen molar-refractivity contribution in [3.05, 3.63) is 71.8 Å². The summed E-state index contributed by atoms with van der Waals surface area (Å²) in [6.07, 6.45) is 0. The molecule has 1 N–H and O–H groups in total. The highest BCUT2D eigenvalue weighted by atomic mass is 32.2. The van der Waals surface area contributed by atoms with Gasteiger partial charge in [0, 0.05) is 6.54 Å². The minimum atomic E-state index is -3.65. The Balaban J connectivity index is 2.38. The summed E-state index contributed by atoms with van der Waals surface area (Å²) in [7, 11) is -3.65. The Labute approximate surface area is 123 Å². The maximum atomic E-state index is 12.9. The van der Waals surface area contributed by atoms with Gasteiger partial charge in [0.2, 0.25) is 0 Å². The number of nitrogens with one attached hydrogen (secondary N) is 1. The van der Waals surface area contributed by atoms with Crippen LogP contribution in [-0.2, 0) is 19.4 Å². The van der Waals surface area contributed by atoms with Crippen molar-refractivity contribution in [3.8, 4) is 0 Å². The van der Waals surface area contributed by atoms with Crippen LogP contribution in [0.15, 0.2) is 60.7 Å². The van der Waals surface area contributed by atoms with Crippen LogP contribution in [0.1, 0.15) is 11.1 Å². The van der Waals surface area contributed by atoms with Gasteiger partial charge in [-0.05, 0) is 11.1 Å². The van der Waals surface area contributed by atoms with Crippen molar-refractivity contribution < 1.29 is 13.2 Å². The van der Waals surface area contributed by atoms with Gasteiger partial charge in [0.05, 0.1) is 5.75 Å². The van der Waals surface area contributed by atoms with Crippen LogP contribution in [0.4, 0.5) is 0 Å². The van der Waals surface area contributed by atoms with E-state index in [9.17, 15) is 13.2 Å². The normalized spacial score (nSPS) is 19.7. The summed E-state index contributed by atoms with van der Waals surface area (Å²) in [5, 5.41) is 2.71. The molecule has 0 unspecified atom stereocenters. The maximum Gasteiger partial charge on any atom is 0.250 e. The molecule has 0 atom stereocenters. The van der Waals surface area contributed by atoms with E-state index in [1.165, 1.54) is 0 Å². The highest BCUT2D eigenvalue weighted by Gasteiger charge is 2.55. The number of amides is 1. The molecule has 1 amide bonds. The van der Waals surface area contributed by atoms with Crippen molar-refractivity contribution in [3.63, 3.8) is 0 Å². The molecule has 0 spiro atoms. The molecule has 0 saturated carbocycles. The van der Waals surface area contributed by atoms with Crippen LogP contribution in [0.25, 0.3) is 0 Å². The second-order valence-electron chi connectivity index (χ2n) is 4.99. The average Bonchev–Trinajstić information content (AvgIpc) is 2.49. The quantitative estimate of drug-likeness (QED) is 0.914. The molecule has 21 heavy (non-hydrogen) atoms. The molecule has 1 aliphatic rings. The summed E-state index contributed by atoms with van der Waals surface area (Å²) in [4.78, 5) is 12.6. The van der Waals surface area contributed by atoms with Gasteiger partial charge in [0.15, 0.2) is 14.6 Å². The maximum absolute atomic E-state index is 12.9. The predicted molar refractivity (Wildman–Crippen MR) is 80.5 cm³/mol. The second kappa shape index (κ2) is 5.00. The molecule has 1 heterocycles. The summed E-state index contributed by atoms with van der Waals surface area (Å²) in [6.45, 7) is 0.155. The Morgan fingerprint density at radius 3 is 1.76 bits per heavy atom. The van der Waals surface area contributed by atoms with Crippen LogP contribution < -0.4 is 5.32 Å². The van der Waals surface area contributed by atoms with E-state index >= 15 is 0 Å². The van der Waals surface area contributed by atoms with E-state index in [1.807, 2.05) is 0 Å². The van der Waals surface area contributed by atoms with Crippen molar-refractivity contribution >= 4 is 15.7 Å². The van der Waals surface area contributed by atoms with Crippen LogP contribution in [-0.4, -0.2) is 26.6 Å². The largest absolute Gasteiger partial charge is 0.353 e. The lowest BCUT2D eigenvalue weighted by Gasteiger charge is -2.36. The zero-order valence-corrected chi connectivity index (χ0v) is 12.1. The van der Waals surface area contributed by atoms with E-state index in [4.69, 9.17) is 0 Å². The smallest absolute Gasteiger partial charge is 0.250 e. The van der Waals surface area contributed by atoms with Gasteiger partial charge in [-0.2, -0.15) is 0 Å². The first-order chi connectivity index (χ1) is 10.1. The van der Waals surface area contributed by atoms with E-state index in [-0.39, 0.29) is 12.3 Å². The number of rotatable bonds is 2. The van der Waals surface area contributed by atoms with Crippen LogP contribution in [0.2, 0.25) is 0 Å². The van der Waals surface area contributed by atoms with E-state index < -0.39 is 20.5 Å². The summed E-state index contributed by atoms with van der Waals surface area (Å²) in [6, 6.07) is 17.4. The lowest BCUT2D eigenvalue weighted by atomic mass is 9.89. The molecule has 2 aromatic rings. The van der Waals surface area contributed by atoms with Crippen LogP contribution in [0.3, 0.4) is 0 Å². The van der Waals surface area contributed by atoms with Crippen molar-refractivity contribution in [1.29, 1.82) is 0 Å². The highest BCUT2D eigenvalue weighted by molar-refractivity contribution is 7.93. The van der Waals surface area contributed by atoms with Crippen molar-refractivity contribution in [2.24, 2.45) is 0 Å². The van der Waals surface area contributed by atoms with E-state index in [1.54, 1.807) is 60.7 Å². The topological polar surface area (TPSA) is 63.2 Å². The summed E-state index contributed by atoms with van der Waals surface area (Å²) in [5.41, 5.74) is 0.960. The van der Waals surface area contributed by atoms with Gasteiger partial charge in [-0.1, -0.05) is 60.7 Å². The van der Waals surface area contributed by atoms with Gasteiger partial charge in [-0.25, -0.2) is 8.42 Å². The fourth-order valence-electron chi connectivity index (χ4n) is 2.85. The Bertz CT molecular complexity index is 715. The Hall–Kier alpha value is -2.14. The summed E-state index contributed by atoms with van der Waals surface area (Å²) < 4.78 is 24.0. The average molecular weight is 301 g/mol. The number of benzene rings is 2. The molecule has 2 aromatic carbocycles. The molecule has 0 aliphatic carbocycles. The first kappa shape index (κ1) is 13.8. The lowest BCUT2D eigenvalue weighted by Crippen LogP contribution is -2.57. The second-order valence-corrected chi connectivity index (χ2v) is 7.24. The van der Waals surface area contributed by atoms with Gasteiger partial charge in [-0.15, -0.1) is 0 Å². The van der Waals surface area contributed by atoms with Gasteiger partial charge < -0.3 is 5.32 Å². The zero-order chi connectivity index (χ0) is 14.9.